The molecule has 3 aromatic rings. The van der Waals surface area contributed by atoms with Crippen LogP contribution in [0.1, 0.15) is 16.1 Å². The third-order valence-corrected chi connectivity index (χ3v) is 4.72. The third kappa shape index (κ3) is 4.47. The van der Waals surface area contributed by atoms with Gasteiger partial charge in [0.2, 0.25) is 0 Å². The summed E-state index contributed by atoms with van der Waals surface area (Å²) in [5, 5.41) is 10.3. The van der Waals surface area contributed by atoms with Crippen LogP contribution in [0.2, 0.25) is 0 Å². The summed E-state index contributed by atoms with van der Waals surface area (Å²) in [6.45, 7) is 0.491. The zero-order chi connectivity index (χ0) is 19.4. The number of carbonyl (C=O) groups excluding carboxylic acids is 1. The summed E-state index contributed by atoms with van der Waals surface area (Å²) in [5.74, 6) is 0.384. The molecule has 1 atom stereocenters. The molecule has 0 aliphatic heterocycles. The second kappa shape index (κ2) is 9.59. The van der Waals surface area contributed by atoms with E-state index in [1.54, 1.807) is 13.2 Å². The maximum absolute atomic E-state index is 11.7. The van der Waals surface area contributed by atoms with Crippen molar-refractivity contribution in [1.82, 2.24) is 4.98 Å². The van der Waals surface area contributed by atoms with Crippen LogP contribution in [0.3, 0.4) is 0 Å². The Morgan fingerprint density at radius 1 is 1.18 bits per heavy atom. The molecule has 6 nitrogen and oxygen atoms in total. The maximum atomic E-state index is 11.7. The Balaban J connectivity index is 0.00000280. The van der Waals surface area contributed by atoms with Crippen LogP contribution >= 0.6 is 12.4 Å². The van der Waals surface area contributed by atoms with Crippen molar-refractivity contribution >= 4 is 29.3 Å². The molecule has 0 aliphatic carbocycles. The second-order valence-corrected chi connectivity index (χ2v) is 6.50. The van der Waals surface area contributed by atoms with Crippen molar-refractivity contribution in [3.05, 3.63) is 53.7 Å². The Hall–Kier alpha value is -2.54. The van der Waals surface area contributed by atoms with Crippen LogP contribution in [0, 0.1) is 5.92 Å². The number of benzene rings is 2. The average Bonchev–Trinajstić information content (AvgIpc) is 3.14. The van der Waals surface area contributed by atoms with E-state index < -0.39 is 5.97 Å². The smallest absolute Gasteiger partial charge is 0.354 e. The highest BCUT2D eigenvalue weighted by molar-refractivity contribution is 5.96. The molecule has 150 valence electrons. The number of halogens is 1. The number of aromatic nitrogens is 1. The minimum Gasteiger partial charge on any atom is -0.496 e. The summed E-state index contributed by atoms with van der Waals surface area (Å²) in [7, 11) is 2.99. The van der Waals surface area contributed by atoms with Gasteiger partial charge in [0, 0.05) is 23.1 Å². The fraction of sp³-hybridized carbons (Fsp3) is 0.286. The Bertz CT molecular complexity index is 951. The number of esters is 1. The minimum atomic E-state index is -0.399. The first-order valence-corrected chi connectivity index (χ1v) is 8.79. The number of nitrogens with two attached hydrogens (primary N) is 1. The van der Waals surface area contributed by atoms with Crippen LogP contribution in [-0.2, 0) is 11.2 Å². The Morgan fingerprint density at radius 3 is 2.61 bits per heavy atom. The molecule has 2 aromatic carbocycles. The van der Waals surface area contributed by atoms with Crippen LogP contribution in [0.15, 0.2) is 42.5 Å². The van der Waals surface area contributed by atoms with Crippen LogP contribution in [0.4, 0.5) is 0 Å². The van der Waals surface area contributed by atoms with Crippen LogP contribution in [-0.4, -0.2) is 43.4 Å². The first-order chi connectivity index (χ1) is 13.1. The zero-order valence-electron chi connectivity index (χ0n) is 15.9. The predicted molar refractivity (Wildman–Crippen MR) is 112 cm³/mol. The van der Waals surface area contributed by atoms with Crippen LogP contribution in [0.5, 0.6) is 5.75 Å². The van der Waals surface area contributed by atoms with Gasteiger partial charge < -0.3 is 25.3 Å². The van der Waals surface area contributed by atoms with Crippen molar-refractivity contribution < 1.29 is 19.4 Å². The first kappa shape index (κ1) is 21.8. The molecule has 1 aromatic heterocycles. The number of H-pyrrole nitrogens is 1. The van der Waals surface area contributed by atoms with E-state index in [0.717, 1.165) is 33.3 Å². The number of aliphatic hydroxyl groups excluding tert-OH is 1. The van der Waals surface area contributed by atoms with E-state index >= 15 is 0 Å². The van der Waals surface area contributed by atoms with E-state index in [0.29, 0.717) is 18.7 Å². The van der Waals surface area contributed by atoms with E-state index in [4.69, 9.17) is 15.2 Å². The number of hydrogen-bond acceptors (Lipinski definition) is 5. The molecule has 0 saturated heterocycles. The van der Waals surface area contributed by atoms with Gasteiger partial charge in [-0.15, -0.1) is 12.4 Å². The Morgan fingerprint density at radius 2 is 1.96 bits per heavy atom. The maximum Gasteiger partial charge on any atom is 0.354 e. The lowest BCUT2D eigenvalue weighted by Gasteiger charge is -2.15. The average molecular weight is 405 g/mol. The molecule has 0 bridgehead atoms. The van der Waals surface area contributed by atoms with Crippen molar-refractivity contribution in [2.75, 3.05) is 27.4 Å². The highest BCUT2D eigenvalue weighted by Crippen LogP contribution is 2.33. The molecule has 0 amide bonds. The molecule has 1 heterocycles. The summed E-state index contributed by atoms with van der Waals surface area (Å²) in [6.07, 6.45) is 0.696. The van der Waals surface area contributed by atoms with Gasteiger partial charge in [0.15, 0.2) is 0 Å². The van der Waals surface area contributed by atoms with Crippen LogP contribution < -0.4 is 10.5 Å². The number of fused-ring (bicyclic) bond motifs is 1. The van der Waals surface area contributed by atoms with Gasteiger partial charge in [0.25, 0.3) is 0 Å². The number of hydrogen-bond donors (Lipinski definition) is 3. The Kier molecular flexibility index (Phi) is 7.45. The zero-order valence-corrected chi connectivity index (χ0v) is 16.7. The summed E-state index contributed by atoms with van der Waals surface area (Å²) in [6, 6.07) is 13.7. The van der Waals surface area contributed by atoms with E-state index in [9.17, 15) is 9.90 Å². The lowest BCUT2D eigenvalue weighted by atomic mass is 9.95. The minimum absolute atomic E-state index is 0. The second-order valence-electron chi connectivity index (χ2n) is 6.50. The lowest BCUT2D eigenvalue weighted by molar-refractivity contribution is 0.0595. The highest BCUT2D eigenvalue weighted by atomic mass is 35.5. The van der Waals surface area contributed by atoms with Gasteiger partial charge in [-0.25, -0.2) is 4.79 Å². The van der Waals surface area contributed by atoms with Crippen molar-refractivity contribution in [2.24, 2.45) is 11.7 Å². The molecule has 0 radical (unpaired) electrons. The van der Waals surface area contributed by atoms with Gasteiger partial charge in [-0.1, -0.05) is 18.2 Å². The number of aromatic amines is 1. The summed E-state index contributed by atoms with van der Waals surface area (Å²) >= 11 is 0. The molecule has 0 aliphatic rings. The molecule has 7 heteroatoms. The number of nitrogens with one attached hydrogen (secondary N) is 1. The highest BCUT2D eigenvalue weighted by Gasteiger charge is 2.13. The summed E-state index contributed by atoms with van der Waals surface area (Å²) < 4.78 is 10.3. The largest absolute Gasteiger partial charge is 0.496 e. The van der Waals surface area contributed by atoms with Crippen LogP contribution in [0.25, 0.3) is 22.0 Å². The topological polar surface area (TPSA) is 97.6 Å². The van der Waals surface area contributed by atoms with Gasteiger partial charge >= 0.3 is 5.97 Å². The number of rotatable bonds is 7. The SMILES string of the molecule is COC(=O)c1cc2ccc(-c3cc(CC(CN)CO)ccc3OC)cc2[nH]1.Cl. The number of aliphatic hydroxyl groups is 1. The lowest BCUT2D eigenvalue weighted by Crippen LogP contribution is -2.20. The van der Waals surface area contributed by atoms with Gasteiger partial charge in [0.1, 0.15) is 11.4 Å². The van der Waals surface area contributed by atoms with Crippen molar-refractivity contribution in [3.63, 3.8) is 0 Å². The summed E-state index contributed by atoms with van der Waals surface area (Å²) in [4.78, 5) is 14.8. The quantitative estimate of drug-likeness (QED) is 0.525. The van der Waals surface area contributed by atoms with Gasteiger partial charge in [0.05, 0.1) is 14.2 Å². The van der Waals surface area contributed by atoms with E-state index in [2.05, 4.69) is 11.1 Å². The summed E-state index contributed by atoms with van der Waals surface area (Å²) in [5.41, 5.74) is 9.96. The fourth-order valence-electron chi connectivity index (χ4n) is 3.18. The molecular weight excluding hydrogens is 380 g/mol. The molecule has 3 rings (SSSR count). The van der Waals surface area contributed by atoms with Gasteiger partial charge in [-0.05, 0) is 54.3 Å². The predicted octanol–water partition coefficient (Wildman–Crippen LogP) is 3.16. The van der Waals surface area contributed by atoms with E-state index in [-0.39, 0.29) is 24.9 Å². The van der Waals surface area contributed by atoms with Crippen molar-refractivity contribution in [3.8, 4) is 16.9 Å². The molecule has 0 fully saturated rings. The standard InChI is InChI=1S/C21H24N2O4.ClH/c1-26-20-6-3-13(7-14(11-22)12-24)8-17(20)15-4-5-16-10-19(21(25)27-2)23-18(16)9-15;/h3-6,8-10,14,23-24H,7,11-12,22H2,1-2H3;1H. The number of ether oxygens (including phenoxy) is 2. The molecule has 4 N–H and O–H groups in total. The van der Waals surface area contributed by atoms with Gasteiger partial charge in [-0.2, -0.15) is 0 Å². The Labute approximate surface area is 170 Å². The van der Waals surface area contributed by atoms with Gasteiger partial charge in [-0.3, -0.25) is 0 Å². The number of methoxy groups -OCH3 is 2. The van der Waals surface area contributed by atoms with Crippen molar-refractivity contribution in [2.45, 2.75) is 6.42 Å². The molecule has 1 unspecified atom stereocenters. The molecule has 28 heavy (non-hydrogen) atoms. The molecular formula is C21H25ClN2O4. The van der Waals surface area contributed by atoms with E-state index in [1.807, 2.05) is 30.3 Å². The third-order valence-electron chi connectivity index (χ3n) is 4.72. The first-order valence-electron chi connectivity index (χ1n) is 8.79. The van der Waals surface area contributed by atoms with E-state index in [1.165, 1.54) is 7.11 Å². The fourth-order valence-corrected chi connectivity index (χ4v) is 3.18. The molecule has 0 saturated carbocycles. The number of carbonyl (C=O) groups is 1. The normalized spacial score (nSPS) is 11.7. The molecule has 0 spiro atoms. The monoisotopic (exact) mass is 404 g/mol. The van der Waals surface area contributed by atoms with Crippen molar-refractivity contribution in [1.29, 1.82) is 0 Å².